The Bertz CT molecular complexity index is 641. The maximum atomic E-state index is 12.3. The lowest BCUT2D eigenvalue weighted by Crippen LogP contribution is -2.47. The number of amides is 2. The van der Waals surface area contributed by atoms with E-state index in [0.717, 1.165) is 4.47 Å². The highest BCUT2D eigenvalue weighted by atomic mass is 79.9. The van der Waals surface area contributed by atoms with Crippen LogP contribution in [0.25, 0.3) is 0 Å². The first kappa shape index (κ1) is 16.6. The Morgan fingerprint density at radius 1 is 1.23 bits per heavy atom. The second kappa shape index (κ2) is 7.51. The van der Waals surface area contributed by atoms with Gasteiger partial charge in [-0.1, -0.05) is 29.8 Å². The predicted octanol–water partition coefficient (Wildman–Crippen LogP) is 3.30. The van der Waals surface area contributed by atoms with E-state index >= 15 is 0 Å². The number of carbonyl (C=O) groups excluding carboxylic acids is 2. The summed E-state index contributed by atoms with van der Waals surface area (Å²) in [6.45, 7) is 3.77. The predicted molar refractivity (Wildman–Crippen MR) is 91.0 cm³/mol. The molecule has 1 aromatic heterocycles. The topological polar surface area (TPSA) is 71.1 Å². The van der Waals surface area contributed by atoms with Crippen molar-refractivity contribution >= 4 is 44.2 Å². The van der Waals surface area contributed by atoms with E-state index in [0.29, 0.717) is 10.7 Å². The summed E-state index contributed by atoms with van der Waals surface area (Å²) in [6.07, 6.45) is 1.62. The van der Waals surface area contributed by atoms with E-state index in [9.17, 15) is 9.59 Å². The third-order valence-electron chi connectivity index (χ3n) is 3.00. The quantitative estimate of drug-likeness (QED) is 0.834. The van der Waals surface area contributed by atoms with Crippen molar-refractivity contribution < 1.29 is 9.59 Å². The van der Waals surface area contributed by atoms with E-state index in [1.165, 1.54) is 11.3 Å². The second-order valence-corrected chi connectivity index (χ2v) is 6.84. The summed E-state index contributed by atoms with van der Waals surface area (Å²) in [7, 11) is 0. The molecule has 0 aliphatic heterocycles. The molecule has 2 aromatic rings. The molecule has 1 atom stereocenters. The Morgan fingerprint density at radius 2 is 1.91 bits per heavy atom. The van der Waals surface area contributed by atoms with E-state index in [-0.39, 0.29) is 17.7 Å². The smallest absolute Gasteiger partial charge is 0.251 e. The van der Waals surface area contributed by atoms with E-state index in [2.05, 4.69) is 31.5 Å². The molecule has 0 saturated carbocycles. The lowest BCUT2D eigenvalue weighted by atomic mass is 10.0. The number of aromatic nitrogens is 1. The number of benzene rings is 1. The lowest BCUT2D eigenvalue weighted by molar-refractivity contribution is -0.118. The van der Waals surface area contributed by atoms with Gasteiger partial charge in [0.15, 0.2) is 5.13 Å². The molecule has 1 heterocycles. The number of hydrogen-bond donors (Lipinski definition) is 2. The number of anilines is 1. The van der Waals surface area contributed by atoms with E-state index in [1.807, 2.05) is 13.8 Å². The van der Waals surface area contributed by atoms with Gasteiger partial charge in [-0.15, -0.1) is 11.3 Å². The molecule has 0 fully saturated rings. The molecule has 1 aromatic carbocycles. The van der Waals surface area contributed by atoms with Crippen LogP contribution in [-0.4, -0.2) is 22.8 Å². The maximum absolute atomic E-state index is 12.3. The van der Waals surface area contributed by atoms with Crippen molar-refractivity contribution in [3.05, 3.63) is 45.9 Å². The third-order valence-corrected chi connectivity index (χ3v) is 4.22. The highest BCUT2D eigenvalue weighted by Gasteiger charge is 2.25. The van der Waals surface area contributed by atoms with Gasteiger partial charge in [0, 0.05) is 21.6 Å². The summed E-state index contributed by atoms with van der Waals surface area (Å²) in [5, 5.41) is 7.79. The lowest BCUT2D eigenvalue weighted by Gasteiger charge is -2.21. The number of thiazole rings is 1. The molecule has 0 unspecified atom stereocenters. The zero-order valence-corrected chi connectivity index (χ0v) is 14.6. The third kappa shape index (κ3) is 4.38. The first-order valence-corrected chi connectivity index (χ1v) is 8.41. The first-order chi connectivity index (χ1) is 10.5. The van der Waals surface area contributed by atoms with Gasteiger partial charge in [0.2, 0.25) is 5.91 Å². The Hall–Kier alpha value is -1.73. The van der Waals surface area contributed by atoms with Gasteiger partial charge in [0.1, 0.15) is 6.04 Å². The van der Waals surface area contributed by atoms with Crippen molar-refractivity contribution in [2.45, 2.75) is 19.9 Å². The highest BCUT2D eigenvalue weighted by Crippen LogP contribution is 2.14. The maximum Gasteiger partial charge on any atom is 0.251 e. The molecular formula is C15H16BrN3O2S. The molecule has 22 heavy (non-hydrogen) atoms. The van der Waals surface area contributed by atoms with Crippen molar-refractivity contribution in [3.63, 3.8) is 0 Å². The van der Waals surface area contributed by atoms with Crippen LogP contribution in [0.1, 0.15) is 24.2 Å². The average Bonchev–Trinajstić information content (AvgIpc) is 2.97. The fourth-order valence-electron chi connectivity index (χ4n) is 1.83. The molecule has 116 valence electrons. The monoisotopic (exact) mass is 381 g/mol. The Labute approximate surface area is 141 Å². The molecule has 0 bridgehead atoms. The van der Waals surface area contributed by atoms with Crippen LogP contribution in [0, 0.1) is 5.92 Å². The van der Waals surface area contributed by atoms with Gasteiger partial charge in [-0.05, 0) is 30.2 Å². The molecule has 2 rings (SSSR count). The van der Waals surface area contributed by atoms with Gasteiger partial charge in [-0.2, -0.15) is 0 Å². The van der Waals surface area contributed by atoms with Crippen LogP contribution in [0.4, 0.5) is 5.13 Å². The molecule has 0 aliphatic carbocycles. The SMILES string of the molecule is CC(C)[C@H](NC(=O)c1ccc(Br)cc1)C(=O)Nc1nccs1. The minimum atomic E-state index is -0.625. The van der Waals surface area contributed by atoms with Crippen LogP contribution in [0.15, 0.2) is 40.3 Å². The second-order valence-electron chi connectivity index (χ2n) is 5.03. The molecule has 0 radical (unpaired) electrons. The molecule has 2 amide bonds. The molecule has 0 aliphatic rings. The van der Waals surface area contributed by atoms with Gasteiger partial charge in [0.05, 0.1) is 0 Å². The van der Waals surface area contributed by atoms with Gasteiger partial charge >= 0.3 is 0 Å². The minimum absolute atomic E-state index is 0.0423. The molecule has 0 saturated heterocycles. The zero-order chi connectivity index (χ0) is 16.1. The normalized spacial score (nSPS) is 12.0. The largest absolute Gasteiger partial charge is 0.340 e. The number of hydrogen-bond acceptors (Lipinski definition) is 4. The molecule has 2 N–H and O–H groups in total. The van der Waals surface area contributed by atoms with Crippen molar-refractivity contribution in [2.75, 3.05) is 5.32 Å². The van der Waals surface area contributed by atoms with Crippen molar-refractivity contribution in [1.29, 1.82) is 0 Å². The summed E-state index contributed by atoms with van der Waals surface area (Å²) in [6, 6.07) is 6.36. The summed E-state index contributed by atoms with van der Waals surface area (Å²) < 4.78 is 0.894. The van der Waals surface area contributed by atoms with E-state index in [4.69, 9.17) is 0 Å². The van der Waals surface area contributed by atoms with Crippen LogP contribution in [0.3, 0.4) is 0 Å². The van der Waals surface area contributed by atoms with Crippen LogP contribution in [-0.2, 0) is 4.79 Å². The summed E-state index contributed by atoms with van der Waals surface area (Å²) in [5.41, 5.74) is 0.510. The van der Waals surface area contributed by atoms with E-state index < -0.39 is 6.04 Å². The fourth-order valence-corrected chi connectivity index (χ4v) is 2.63. The Morgan fingerprint density at radius 3 is 2.45 bits per heavy atom. The number of rotatable bonds is 5. The minimum Gasteiger partial charge on any atom is -0.340 e. The number of nitrogens with zero attached hydrogens (tertiary/aromatic N) is 1. The fraction of sp³-hybridized carbons (Fsp3) is 0.267. The van der Waals surface area contributed by atoms with E-state index in [1.54, 1.807) is 35.8 Å². The van der Waals surface area contributed by atoms with Crippen LogP contribution < -0.4 is 10.6 Å². The van der Waals surface area contributed by atoms with Gasteiger partial charge < -0.3 is 10.6 Å². The summed E-state index contributed by atoms with van der Waals surface area (Å²) >= 11 is 4.66. The Balaban J connectivity index is 2.06. The number of carbonyl (C=O) groups is 2. The van der Waals surface area contributed by atoms with Gasteiger partial charge in [-0.3, -0.25) is 9.59 Å². The van der Waals surface area contributed by atoms with Crippen LogP contribution in [0.2, 0.25) is 0 Å². The average molecular weight is 382 g/mol. The Kier molecular flexibility index (Phi) is 5.68. The van der Waals surface area contributed by atoms with Crippen LogP contribution >= 0.6 is 27.3 Å². The molecule has 0 spiro atoms. The summed E-state index contributed by atoms with van der Waals surface area (Å²) in [5.74, 6) is -0.588. The number of nitrogens with one attached hydrogen (secondary N) is 2. The number of halogens is 1. The van der Waals surface area contributed by atoms with Gasteiger partial charge in [0.25, 0.3) is 5.91 Å². The van der Waals surface area contributed by atoms with Crippen molar-refractivity contribution in [3.8, 4) is 0 Å². The van der Waals surface area contributed by atoms with Crippen molar-refractivity contribution in [1.82, 2.24) is 10.3 Å². The molecular weight excluding hydrogens is 366 g/mol. The van der Waals surface area contributed by atoms with Gasteiger partial charge in [-0.25, -0.2) is 4.98 Å². The highest BCUT2D eigenvalue weighted by molar-refractivity contribution is 9.10. The molecule has 7 heteroatoms. The standard InChI is InChI=1S/C15H16BrN3O2S/c1-9(2)12(14(21)19-15-17-7-8-22-15)18-13(20)10-3-5-11(16)6-4-10/h3-9,12H,1-2H3,(H,18,20)(H,17,19,21)/t12-/m0/s1. The zero-order valence-electron chi connectivity index (χ0n) is 12.2. The van der Waals surface area contributed by atoms with Crippen LogP contribution in [0.5, 0.6) is 0 Å². The first-order valence-electron chi connectivity index (χ1n) is 6.74. The van der Waals surface area contributed by atoms with Crippen molar-refractivity contribution in [2.24, 2.45) is 5.92 Å². The summed E-state index contributed by atoms with van der Waals surface area (Å²) in [4.78, 5) is 28.6. The molecule has 5 nitrogen and oxygen atoms in total.